The first-order valence-electron chi connectivity index (χ1n) is 7.31. The van der Waals surface area contributed by atoms with E-state index in [0.29, 0.717) is 11.8 Å². The highest BCUT2D eigenvalue weighted by Crippen LogP contribution is 2.30. The number of hydrogen-bond donors (Lipinski definition) is 0. The van der Waals surface area contributed by atoms with Crippen LogP contribution >= 0.6 is 11.3 Å². The van der Waals surface area contributed by atoms with Gasteiger partial charge in [0.2, 0.25) is 0 Å². The number of hydrogen-bond acceptors (Lipinski definition) is 5. The lowest BCUT2D eigenvalue weighted by atomic mass is 10.1. The average molecular weight is 346 g/mol. The molecular weight excluding hydrogens is 332 g/mol. The molecule has 1 aliphatic rings. The Balaban J connectivity index is 1.99. The topological polar surface area (TPSA) is 69.0 Å². The molecule has 0 amide bonds. The zero-order valence-corrected chi connectivity index (χ0v) is 13.8. The van der Waals surface area contributed by atoms with Gasteiger partial charge in [0.25, 0.3) is 5.56 Å². The Hall–Kier alpha value is -1.99. The number of thiophene rings is 1. The highest BCUT2D eigenvalue weighted by Gasteiger charge is 2.31. The second-order valence-corrected chi connectivity index (χ2v) is 8.85. The molecule has 1 fully saturated rings. The van der Waals surface area contributed by atoms with Gasteiger partial charge in [-0.05, 0) is 23.9 Å². The molecular formula is C16H14N2O3S2. The van der Waals surface area contributed by atoms with Gasteiger partial charge < -0.3 is 0 Å². The van der Waals surface area contributed by atoms with E-state index in [-0.39, 0.29) is 23.1 Å². The maximum atomic E-state index is 12.8. The van der Waals surface area contributed by atoms with Crippen LogP contribution in [0.2, 0.25) is 0 Å². The third-order valence-electron chi connectivity index (χ3n) is 4.14. The lowest BCUT2D eigenvalue weighted by Gasteiger charge is -2.14. The lowest BCUT2D eigenvalue weighted by molar-refractivity contribution is 0.480. The molecule has 4 rings (SSSR count). The SMILES string of the molecule is O=c1c2ccccc2c(-c2cccs2)nn1C1CCS(=O)(=O)C1. The molecule has 1 unspecified atom stereocenters. The van der Waals surface area contributed by atoms with E-state index in [0.717, 1.165) is 16.0 Å². The summed E-state index contributed by atoms with van der Waals surface area (Å²) in [5.41, 5.74) is 0.516. The number of fused-ring (bicyclic) bond motifs is 1. The van der Waals surface area contributed by atoms with E-state index in [1.165, 1.54) is 4.68 Å². The van der Waals surface area contributed by atoms with Gasteiger partial charge in [0.1, 0.15) is 5.69 Å². The second kappa shape index (κ2) is 5.28. The van der Waals surface area contributed by atoms with Crippen molar-refractivity contribution in [3.63, 3.8) is 0 Å². The number of benzene rings is 1. The smallest absolute Gasteiger partial charge is 0.267 e. The van der Waals surface area contributed by atoms with E-state index < -0.39 is 9.84 Å². The Morgan fingerprint density at radius 2 is 1.91 bits per heavy atom. The molecule has 5 nitrogen and oxygen atoms in total. The molecule has 23 heavy (non-hydrogen) atoms. The number of nitrogens with zero attached hydrogens (tertiary/aromatic N) is 2. The molecule has 0 saturated carbocycles. The molecule has 0 aliphatic carbocycles. The first-order valence-corrected chi connectivity index (χ1v) is 10.0. The van der Waals surface area contributed by atoms with Crippen LogP contribution in [0.4, 0.5) is 0 Å². The van der Waals surface area contributed by atoms with E-state index in [2.05, 4.69) is 5.10 Å². The minimum atomic E-state index is -3.08. The molecule has 3 heterocycles. The van der Waals surface area contributed by atoms with Crippen molar-refractivity contribution in [1.29, 1.82) is 0 Å². The van der Waals surface area contributed by atoms with Crippen molar-refractivity contribution in [2.45, 2.75) is 12.5 Å². The minimum absolute atomic E-state index is 0.0118. The van der Waals surface area contributed by atoms with Gasteiger partial charge in [-0.25, -0.2) is 13.1 Å². The summed E-state index contributed by atoms with van der Waals surface area (Å²) < 4.78 is 24.9. The van der Waals surface area contributed by atoms with Crippen molar-refractivity contribution >= 4 is 31.9 Å². The first kappa shape index (κ1) is 14.6. The van der Waals surface area contributed by atoms with Gasteiger partial charge in [-0.3, -0.25) is 4.79 Å². The van der Waals surface area contributed by atoms with Gasteiger partial charge >= 0.3 is 0 Å². The molecule has 118 valence electrons. The number of sulfone groups is 1. The molecule has 0 spiro atoms. The molecule has 7 heteroatoms. The summed E-state index contributed by atoms with van der Waals surface area (Å²) in [7, 11) is -3.08. The summed E-state index contributed by atoms with van der Waals surface area (Å²) in [6.07, 6.45) is 0.442. The predicted molar refractivity (Wildman–Crippen MR) is 91.6 cm³/mol. The van der Waals surface area contributed by atoms with E-state index in [4.69, 9.17) is 0 Å². The maximum absolute atomic E-state index is 12.8. The first-order chi connectivity index (χ1) is 11.1. The molecule has 2 aromatic heterocycles. The van der Waals surface area contributed by atoms with Crippen LogP contribution in [0.5, 0.6) is 0 Å². The molecule has 0 N–H and O–H groups in total. The van der Waals surface area contributed by atoms with Crippen LogP contribution in [0.3, 0.4) is 0 Å². The summed E-state index contributed by atoms with van der Waals surface area (Å²) in [5, 5.41) is 7.88. The summed E-state index contributed by atoms with van der Waals surface area (Å²) in [6, 6.07) is 10.9. The molecule has 1 aliphatic heterocycles. The summed E-state index contributed by atoms with van der Waals surface area (Å²) >= 11 is 1.55. The Morgan fingerprint density at radius 3 is 2.57 bits per heavy atom. The van der Waals surface area contributed by atoms with Crippen LogP contribution in [0, 0.1) is 0 Å². The largest absolute Gasteiger partial charge is 0.274 e. The van der Waals surface area contributed by atoms with Crippen LogP contribution < -0.4 is 5.56 Å². The third kappa shape index (κ3) is 2.49. The summed E-state index contributed by atoms with van der Waals surface area (Å²) in [5.74, 6) is 0.106. The van der Waals surface area contributed by atoms with Gasteiger partial charge in [0.15, 0.2) is 9.84 Å². The van der Waals surface area contributed by atoms with E-state index in [1.807, 2.05) is 35.7 Å². The zero-order valence-electron chi connectivity index (χ0n) is 12.2. The fourth-order valence-electron chi connectivity index (χ4n) is 3.02. The quantitative estimate of drug-likeness (QED) is 0.715. The van der Waals surface area contributed by atoms with Gasteiger partial charge in [-0.15, -0.1) is 11.3 Å². The zero-order chi connectivity index (χ0) is 16.0. The molecule has 3 aromatic rings. The van der Waals surface area contributed by atoms with Crippen molar-refractivity contribution in [2.75, 3.05) is 11.5 Å². The fraction of sp³-hybridized carbons (Fsp3) is 0.250. The normalized spacial score (nSPS) is 20.1. The lowest BCUT2D eigenvalue weighted by Crippen LogP contribution is -2.28. The maximum Gasteiger partial charge on any atom is 0.274 e. The Morgan fingerprint density at radius 1 is 1.13 bits per heavy atom. The second-order valence-electron chi connectivity index (χ2n) is 5.68. The van der Waals surface area contributed by atoms with Crippen LogP contribution in [0.1, 0.15) is 12.5 Å². The minimum Gasteiger partial charge on any atom is -0.267 e. The highest BCUT2D eigenvalue weighted by atomic mass is 32.2. The van der Waals surface area contributed by atoms with E-state index >= 15 is 0 Å². The van der Waals surface area contributed by atoms with Crippen molar-refractivity contribution in [3.05, 3.63) is 52.1 Å². The molecule has 1 atom stereocenters. The van der Waals surface area contributed by atoms with Gasteiger partial charge in [-0.1, -0.05) is 24.3 Å². The third-order valence-corrected chi connectivity index (χ3v) is 6.76. The Labute approximate surface area is 137 Å². The van der Waals surface area contributed by atoms with Crippen molar-refractivity contribution in [2.24, 2.45) is 0 Å². The van der Waals surface area contributed by atoms with Crippen LogP contribution in [-0.2, 0) is 9.84 Å². The molecule has 0 bridgehead atoms. The van der Waals surface area contributed by atoms with Crippen LogP contribution in [-0.4, -0.2) is 29.7 Å². The Bertz CT molecular complexity index is 1040. The number of aromatic nitrogens is 2. The van der Waals surface area contributed by atoms with Crippen LogP contribution in [0.25, 0.3) is 21.3 Å². The monoisotopic (exact) mass is 346 g/mol. The van der Waals surface area contributed by atoms with Crippen LogP contribution in [0.15, 0.2) is 46.6 Å². The standard InChI is InChI=1S/C16H14N2O3S2/c19-16-13-5-2-1-4-12(13)15(14-6-3-8-22-14)17-18(16)11-7-9-23(20,21)10-11/h1-6,8,11H,7,9-10H2. The number of rotatable bonds is 2. The van der Waals surface area contributed by atoms with Crippen molar-refractivity contribution < 1.29 is 8.42 Å². The molecule has 0 radical (unpaired) electrons. The molecule has 1 aromatic carbocycles. The average Bonchev–Trinajstić information content (AvgIpc) is 3.17. The van der Waals surface area contributed by atoms with Crippen molar-refractivity contribution in [3.8, 4) is 10.6 Å². The van der Waals surface area contributed by atoms with E-state index in [9.17, 15) is 13.2 Å². The van der Waals surface area contributed by atoms with Gasteiger partial charge in [-0.2, -0.15) is 5.10 Å². The fourth-order valence-corrected chi connectivity index (χ4v) is 5.43. The predicted octanol–water partition coefficient (Wildman–Crippen LogP) is 2.48. The summed E-state index contributed by atoms with van der Waals surface area (Å²) in [6.45, 7) is 0. The molecule has 1 saturated heterocycles. The summed E-state index contributed by atoms with van der Waals surface area (Å²) in [4.78, 5) is 13.7. The van der Waals surface area contributed by atoms with Crippen molar-refractivity contribution in [1.82, 2.24) is 9.78 Å². The van der Waals surface area contributed by atoms with Gasteiger partial charge in [0, 0.05) is 5.39 Å². The Kier molecular flexibility index (Phi) is 3.35. The van der Waals surface area contributed by atoms with E-state index in [1.54, 1.807) is 17.4 Å². The van der Waals surface area contributed by atoms with Gasteiger partial charge in [0.05, 0.1) is 27.8 Å². The highest BCUT2D eigenvalue weighted by molar-refractivity contribution is 7.91.